The zero-order valence-electron chi connectivity index (χ0n) is 88.8. The number of hydrogen-bond acceptors (Lipinski definition) is 18. The van der Waals surface area contributed by atoms with Gasteiger partial charge in [-0.3, -0.25) is 53.4 Å². The Morgan fingerprint density at radius 2 is 0.767 bits per heavy atom. The van der Waals surface area contributed by atoms with Crippen LogP contribution in [0.25, 0.3) is 0 Å². The number of nitrogens with one attached hydrogen (secondary N) is 4. The molecule has 3 aromatic rings. The summed E-state index contributed by atoms with van der Waals surface area (Å²) in [6.07, 6.45) is 43.6. The number of hydrogen-bond donors (Lipinski definition) is 5. The number of carbonyl (C=O) groups excluding carboxylic acids is 9. The molecule has 0 aromatic heterocycles. The lowest BCUT2D eigenvalue weighted by Gasteiger charge is -2.47. The topological polar surface area (TPSA) is 290 Å². The number of amides is 8. The molecule has 4 atom stereocenters. The van der Waals surface area contributed by atoms with E-state index >= 15 is 4.79 Å². The highest BCUT2D eigenvalue weighted by Crippen LogP contribution is 2.65. The number of methoxy groups -OCH3 is 3. The molecule has 18 aliphatic rings. The number of nitrogens with zero attached hydrogens (tertiary/aromatic N) is 8. The second kappa shape index (κ2) is 52.7. The number of aliphatic imine (C=N–C) groups is 1. The molecule has 9 aliphatic carbocycles. The van der Waals surface area contributed by atoms with Crippen molar-refractivity contribution < 1.29 is 57.4 Å². The first-order valence-corrected chi connectivity index (χ1v) is 60.8. The van der Waals surface area contributed by atoms with Gasteiger partial charge in [0.1, 0.15) is 11.0 Å². The lowest BCUT2D eigenvalue weighted by Crippen LogP contribution is -2.57. The van der Waals surface area contributed by atoms with Crippen LogP contribution >= 0.6 is 95.8 Å². The van der Waals surface area contributed by atoms with Gasteiger partial charge in [0.25, 0.3) is 11.8 Å². The lowest BCUT2D eigenvalue weighted by atomic mass is 9.61. The number of fused-ring (bicyclic) bond motifs is 9. The van der Waals surface area contributed by atoms with Gasteiger partial charge in [-0.2, -0.15) is 0 Å². The third-order valence-corrected chi connectivity index (χ3v) is 41.2. The smallest absolute Gasteiger partial charge is 0.262 e. The number of thioether (sulfide) groups is 1. The Morgan fingerprint density at radius 1 is 0.438 bits per heavy atom. The monoisotopic (exact) mass is 2280 g/mol. The standard InChI is InChI=1S/C38H56N4O4S.C30H42N4O3.C22H28N2O2S.2C8H14BrNO.C6H12BrN.C2H3ClO.ClH/c1-26(43)40-18-12-30(13-19-40)24-42-35(45)38(39-36(42)47-25-31-14-20-41(21-15-31)27(2)44)34-22-29(7-6-28-4-5-28)8-9-32(34)23-37(38)16-10-33(46-3)11-17-37;1-20(35)33-15-11-23(12-16-33)19-34-27(36)30(32-28(34)31)26-17-22(6-5-21-3-4-21)7-8-24(26)18-29(30)13-9-25(37-2)10-14-29;1-26-17-8-10-21(11-9-17)13-16-7-6-15(5-4-14-2-3-14)12-18(16)22(21)19(25)23-20(27)24-22;2*1-7(11)10-4-2-8(6-9)3-5-10;7-5-6-1-3-8-4-2-6;1-2(3)4;/h8-9,22,28,30-31,33,36,39H,4-7,10-21,23-25H2,1-3H3;7-8,17,21,23,25H,3-6,9-16,18-19H2,1-2H3,(H2,31,32);6-7,12,14,17H,2-5,8-11,13H2,1H3,(H2,23,24,25,27);2*8H,2-6H2,1H3;6,8H,1-5H2;1H3;1H. The fourth-order valence-electron chi connectivity index (χ4n) is 27.0. The molecule has 0 radical (unpaired) electrons. The van der Waals surface area contributed by atoms with Crippen molar-refractivity contribution in [3.05, 3.63) is 105 Å². The Kier molecular flexibility index (Phi) is 41.9. The number of ether oxygens (including phenoxy) is 3. The maximum Gasteiger partial charge on any atom is 0.262 e. The van der Waals surface area contributed by atoms with Crippen molar-refractivity contribution in [2.45, 2.75) is 332 Å². The molecule has 21 rings (SSSR count). The molecule has 14 fully saturated rings. The average molecular weight is 2290 g/mol. The summed E-state index contributed by atoms with van der Waals surface area (Å²) in [6, 6.07) is 20.8. The SMILES string of the molecule is BrCC1CCNCC1.CC(=O)Cl.CC(=O)N1CCC(CBr)CC1.CC(=O)N1CCC(CBr)CC1.COC1CCC2(CC1)Cc1ccc(CCC3CC3)cc1C21N=C(N)N(CC2CCN(C(C)=O)CC2)C1=O.COC1CCC2(CC1)Cc1ccc(CCC3CC3)cc1C21NC(=S)NC1=O.COC1CCC2(CC1)Cc1ccc(CCC3CC3)cc1C21NC(SCC2CCN(C(C)=O)CC2)N(CC2CCN(C(C)=O)CC2)C1=O.Cl. The molecule has 6 saturated carbocycles. The Bertz CT molecular complexity index is 4950. The van der Waals surface area contributed by atoms with E-state index in [-0.39, 0.29) is 98.9 Å². The number of nitrogens with two attached hydrogens (primary N) is 1. The lowest BCUT2D eigenvalue weighted by molar-refractivity contribution is -0.140. The number of rotatable bonds is 22. The van der Waals surface area contributed by atoms with Crippen LogP contribution in [-0.2, 0) is 113 Å². The molecule has 3 aromatic carbocycles. The van der Waals surface area contributed by atoms with Crippen molar-refractivity contribution in [3.63, 3.8) is 0 Å². The second-order valence-corrected chi connectivity index (χ2v) is 50.3. The number of aryl methyl sites for hydroxylation is 3. The van der Waals surface area contributed by atoms with Crippen molar-refractivity contribution in [2.24, 2.45) is 80.2 Å². The zero-order valence-corrected chi connectivity index (χ0v) is 96.8. The molecule has 4 unspecified atom stereocenters. The maximum atomic E-state index is 15.4. The van der Waals surface area contributed by atoms with E-state index in [1.165, 1.54) is 140 Å². The number of guanidine groups is 1. The van der Waals surface area contributed by atoms with E-state index in [9.17, 15) is 38.4 Å². The minimum atomic E-state index is -0.916. The fourth-order valence-corrected chi connectivity index (χ4v) is 30.6. The molecule has 810 valence electrons. The summed E-state index contributed by atoms with van der Waals surface area (Å²) in [5.41, 5.74) is 15.2. The van der Waals surface area contributed by atoms with Gasteiger partial charge < -0.3 is 65.3 Å². The van der Waals surface area contributed by atoms with Crippen LogP contribution in [0.1, 0.15) is 304 Å². The Morgan fingerprint density at radius 3 is 1.12 bits per heavy atom. The van der Waals surface area contributed by atoms with E-state index < -0.39 is 16.6 Å². The summed E-state index contributed by atoms with van der Waals surface area (Å²) in [4.78, 5) is 129. The van der Waals surface area contributed by atoms with Crippen LogP contribution in [0.15, 0.2) is 59.6 Å². The van der Waals surface area contributed by atoms with E-state index in [2.05, 4.69) is 140 Å². The minimum absolute atomic E-state index is 0. The second-order valence-electron chi connectivity index (χ2n) is 46.3. The number of alkyl halides is 3. The molecule has 6 N–H and O–H groups in total. The predicted octanol–water partition coefficient (Wildman–Crippen LogP) is 18.3. The van der Waals surface area contributed by atoms with E-state index in [1.54, 1.807) is 53.7 Å². The van der Waals surface area contributed by atoms with E-state index in [1.807, 2.05) is 43.4 Å². The molecule has 9 aliphatic heterocycles. The molecular formula is C114H170Br3Cl2N13O12S2. The summed E-state index contributed by atoms with van der Waals surface area (Å²) in [5.74, 6) is 9.11. The zero-order chi connectivity index (χ0) is 103. The highest BCUT2D eigenvalue weighted by molar-refractivity contribution is 9.09. The molecule has 32 heteroatoms. The van der Waals surface area contributed by atoms with Gasteiger partial charge in [-0.05, 0) is 358 Å². The third kappa shape index (κ3) is 27.4. The van der Waals surface area contributed by atoms with Crippen molar-refractivity contribution in [1.82, 2.24) is 55.6 Å². The van der Waals surface area contributed by atoms with Crippen molar-refractivity contribution in [3.8, 4) is 0 Å². The van der Waals surface area contributed by atoms with Crippen molar-refractivity contribution >= 4 is 159 Å². The van der Waals surface area contributed by atoms with Gasteiger partial charge in [-0.15, -0.1) is 24.2 Å². The van der Waals surface area contributed by atoms with Crippen LogP contribution in [0.4, 0.5) is 0 Å². The van der Waals surface area contributed by atoms with Gasteiger partial charge in [-0.1, -0.05) is 141 Å². The highest BCUT2D eigenvalue weighted by Gasteiger charge is 2.70. The summed E-state index contributed by atoms with van der Waals surface area (Å²) in [6.45, 7) is 21.9. The highest BCUT2D eigenvalue weighted by atomic mass is 79.9. The summed E-state index contributed by atoms with van der Waals surface area (Å²) < 4.78 is 17.2. The molecule has 9 heterocycles. The molecule has 146 heavy (non-hydrogen) atoms. The first-order chi connectivity index (χ1) is 69.8. The first-order valence-electron chi connectivity index (χ1n) is 55.6. The largest absolute Gasteiger partial charge is 0.381 e. The van der Waals surface area contributed by atoms with Gasteiger partial charge in [0.15, 0.2) is 22.1 Å². The maximum absolute atomic E-state index is 15.4. The number of piperidine rings is 6. The van der Waals surface area contributed by atoms with Crippen molar-refractivity contribution in [2.75, 3.05) is 135 Å². The number of likely N-dealkylation sites (tertiary alicyclic amines) is 5. The van der Waals surface area contributed by atoms with Crippen molar-refractivity contribution in [1.29, 1.82) is 0 Å². The van der Waals surface area contributed by atoms with E-state index in [0.717, 1.165) is 309 Å². The predicted molar refractivity (Wildman–Crippen MR) is 598 cm³/mol. The molecule has 6 spiro atoms. The number of thiocarbonyl (C=S) groups is 1. The fraction of sp³-hybridized carbons (Fsp3) is 0.746. The molecular weight excluding hydrogens is 2120 g/mol. The van der Waals surface area contributed by atoms with Crippen LogP contribution in [0.3, 0.4) is 0 Å². The number of carbonyl (C=O) groups is 9. The third-order valence-electron chi connectivity index (χ3n) is 36.9. The minimum Gasteiger partial charge on any atom is -0.381 e. The molecule has 25 nitrogen and oxygen atoms in total. The van der Waals surface area contributed by atoms with Crippen LogP contribution in [-0.4, -0.2) is 256 Å². The van der Waals surface area contributed by atoms with Crippen LogP contribution in [0, 0.1) is 69.5 Å². The Balaban J connectivity index is 0.000000151. The quantitative estimate of drug-likeness (QED) is 0.0355. The van der Waals surface area contributed by atoms with Gasteiger partial charge in [0, 0.05) is 174 Å². The molecule has 8 saturated heterocycles. The van der Waals surface area contributed by atoms with Crippen LogP contribution in [0.2, 0.25) is 0 Å². The first kappa shape index (κ1) is 116. The normalized spacial score (nSPS) is 29.3. The van der Waals surface area contributed by atoms with Gasteiger partial charge in [-0.25, -0.2) is 4.99 Å². The van der Waals surface area contributed by atoms with Gasteiger partial charge in [0.05, 0.1) is 18.3 Å². The van der Waals surface area contributed by atoms with Gasteiger partial charge >= 0.3 is 0 Å². The summed E-state index contributed by atoms with van der Waals surface area (Å²) in [7, 11) is 5.42. The number of halogens is 5. The number of benzene rings is 3. The Hall–Kier alpha value is -5.38. The Labute approximate surface area is 917 Å². The van der Waals surface area contributed by atoms with E-state index in [4.69, 9.17) is 37.2 Å². The average Bonchev–Trinajstić information content (AvgIpc) is 1.53. The van der Waals surface area contributed by atoms with E-state index in [0.29, 0.717) is 41.5 Å². The molecule has 0 bridgehead atoms. The summed E-state index contributed by atoms with van der Waals surface area (Å²) >= 11 is 22.4. The summed E-state index contributed by atoms with van der Waals surface area (Å²) in [5, 5.41) is 17.3. The van der Waals surface area contributed by atoms with Gasteiger partial charge in [0.2, 0.25) is 40.7 Å². The van der Waals surface area contributed by atoms with Crippen LogP contribution < -0.4 is 27.0 Å². The van der Waals surface area contributed by atoms with Crippen LogP contribution in [0.5, 0.6) is 0 Å². The molecule has 8 amide bonds.